The third kappa shape index (κ3) is 5.37. The Kier molecular flexibility index (Phi) is 7.79. The van der Waals surface area contributed by atoms with Gasteiger partial charge in [-0.25, -0.2) is 0 Å². The molecule has 0 saturated carbocycles. The fourth-order valence-electron chi connectivity index (χ4n) is 7.42. The Bertz CT molecular complexity index is 1020. The van der Waals surface area contributed by atoms with E-state index < -0.39 is 15.7 Å². The summed E-state index contributed by atoms with van der Waals surface area (Å²) in [5.41, 5.74) is 0.640. The summed E-state index contributed by atoms with van der Waals surface area (Å²) in [5.74, 6) is 0. The monoisotopic (exact) mass is 562 g/mol. The fourth-order valence-corrected chi connectivity index (χ4v) is 12.4. The molecule has 2 aliphatic rings. The Hall–Kier alpha value is -0.940. The topological polar surface area (TPSA) is 87.4 Å². The minimum atomic E-state index is -3.53. The van der Waals surface area contributed by atoms with Crippen molar-refractivity contribution in [3.05, 3.63) is 48.5 Å². The van der Waals surface area contributed by atoms with Crippen LogP contribution in [0, 0.1) is 0 Å². The van der Waals surface area contributed by atoms with Gasteiger partial charge in [-0.3, -0.25) is 0 Å². The highest BCUT2D eigenvalue weighted by Crippen LogP contribution is 2.64. The van der Waals surface area contributed by atoms with Crippen molar-refractivity contribution in [3.8, 4) is 11.1 Å². The van der Waals surface area contributed by atoms with Crippen LogP contribution in [0.2, 0.25) is 0 Å². The van der Waals surface area contributed by atoms with Gasteiger partial charge in [0.15, 0.2) is 10.6 Å². The molecule has 38 heavy (non-hydrogen) atoms. The standard InChI is InChI=1S/C30H48N2O4P2/c1-27(2)19-9-20-28(3,4)31(27)37(33,34)25-15-11-23(12-16-25)24-13-17-26(18-14-24)38(35,36)32-29(5,6)21-10-22-30(32,7)8/h11-18,33-36H,9-10,19-22H2,1-8H3/q+2. The van der Waals surface area contributed by atoms with Crippen LogP contribution in [0.3, 0.4) is 0 Å². The highest BCUT2D eigenvalue weighted by atomic mass is 31.2. The molecule has 2 aliphatic heterocycles. The molecule has 0 aliphatic carbocycles. The number of hydrogen-bond donors (Lipinski definition) is 4. The molecule has 0 radical (unpaired) electrons. The van der Waals surface area contributed by atoms with Crippen molar-refractivity contribution in [1.82, 2.24) is 9.34 Å². The van der Waals surface area contributed by atoms with E-state index in [-0.39, 0.29) is 22.2 Å². The van der Waals surface area contributed by atoms with Crippen molar-refractivity contribution in [1.29, 1.82) is 0 Å². The van der Waals surface area contributed by atoms with Gasteiger partial charge in [-0.1, -0.05) is 24.3 Å². The van der Waals surface area contributed by atoms with E-state index in [9.17, 15) is 19.6 Å². The van der Waals surface area contributed by atoms with Gasteiger partial charge >= 0.3 is 15.7 Å². The number of rotatable bonds is 5. The lowest BCUT2D eigenvalue weighted by atomic mass is 9.83. The molecule has 0 aromatic heterocycles. The smallest absolute Gasteiger partial charge is 0.198 e. The summed E-state index contributed by atoms with van der Waals surface area (Å²) in [4.78, 5) is 46.1. The molecule has 0 unspecified atom stereocenters. The molecule has 6 nitrogen and oxygen atoms in total. The normalized spacial score (nSPS) is 23.8. The molecule has 2 aromatic carbocycles. The molecule has 210 valence electrons. The fraction of sp³-hybridized carbons (Fsp3) is 0.600. The SMILES string of the molecule is CC1(C)CCCC(C)(C)N1[P+](O)(O)c1ccc(-c2ccc([P+](O)(O)N3C(C)(C)CCCC3(C)C)cc2)cc1. The summed E-state index contributed by atoms with van der Waals surface area (Å²) in [6, 6.07) is 15.0. The number of piperidine rings is 2. The molecule has 0 amide bonds. The van der Waals surface area contributed by atoms with Gasteiger partial charge in [0, 0.05) is 0 Å². The number of benzene rings is 2. The molecule has 2 aromatic rings. The molecular formula is C30H48N2O4P2+2. The van der Waals surface area contributed by atoms with Crippen molar-refractivity contribution >= 4 is 26.3 Å². The van der Waals surface area contributed by atoms with Gasteiger partial charge in [-0.05, 0) is 129 Å². The Morgan fingerprint density at radius 2 is 0.711 bits per heavy atom. The van der Waals surface area contributed by atoms with Crippen LogP contribution in [0.5, 0.6) is 0 Å². The first-order chi connectivity index (χ1) is 17.3. The van der Waals surface area contributed by atoms with E-state index in [2.05, 4.69) is 55.4 Å². The molecule has 0 bridgehead atoms. The van der Waals surface area contributed by atoms with E-state index in [1.54, 1.807) is 0 Å². The minimum Gasteiger partial charge on any atom is -0.198 e. The molecule has 4 N–H and O–H groups in total. The molecular weight excluding hydrogens is 514 g/mol. The van der Waals surface area contributed by atoms with E-state index in [0.717, 1.165) is 49.7 Å². The summed E-state index contributed by atoms with van der Waals surface area (Å²) in [6.45, 7) is 16.8. The first kappa shape index (κ1) is 30.0. The van der Waals surface area contributed by atoms with E-state index in [1.165, 1.54) is 0 Å². The zero-order chi connectivity index (χ0) is 28.4. The van der Waals surface area contributed by atoms with Crippen molar-refractivity contribution in [2.24, 2.45) is 0 Å². The summed E-state index contributed by atoms with van der Waals surface area (Å²) >= 11 is 0. The largest absolute Gasteiger partial charge is 0.379 e. The van der Waals surface area contributed by atoms with Gasteiger partial charge in [-0.2, -0.15) is 19.6 Å². The first-order valence-corrected chi connectivity index (χ1v) is 17.1. The molecule has 2 saturated heterocycles. The van der Waals surface area contributed by atoms with Gasteiger partial charge < -0.3 is 0 Å². The third-order valence-corrected chi connectivity index (χ3v) is 14.0. The van der Waals surface area contributed by atoms with Gasteiger partial charge in [0.05, 0.1) is 22.2 Å². The average molecular weight is 563 g/mol. The van der Waals surface area contributed by atoms with Gasteiger partial charge in [-0.15, -0.1) is 9.34 Å². The minimum absolute atomic E-state index is 0.310. The van der Waals surface area contributed by atoms with Crippen LogP contribution in [0.4, 0.5) is 0 Å². The molecule has 4 rings (SSSR count). The molecule has 0 atom stereocenters. The Labute approximate surface area is 230 Å². The second-order valence-electron chi connectivity index (χ2n) is 13.8. The van der Waals surface area contributed by atoms with Crippen molar-refractivity contribution in [2.75, 3.05) is 0 Å². The van der Waals surface area contributed by atoms with Crippen LogP contribution in [0.25, 0.3) is 11.1 Å². The van der Waals surface area contributed by atoms with Crippen molar-refractivity contribution < 1.29 is 19.6 Å². The Balaban J connectivity index is 1.60. The van der Waals surface area contributed by atoms with Crippen LogP contribution in [-0.4, -0.2) is 51.1 Å². The third-order valence-electron chi connectivity index (χ3n) is 8.77. The predicted molar refractivity (Wildman–Crippen MR) is 162 cm³/mol. The Morgan fingerprint density at radius 3 is 0.947 bits per heavy atom. The summed E-state index contributed by atoms with van der Waals surface area (Å²) in [6.07, 6.45) is 5.85. The lowest BCUT2D eigenvalue weighted by Crippen LogP contribution is -2.58. The zero-order valence-corrected chi connectivity index (χ0v) is 26.2. The highest BCUT2D eigenvalue weighted by molar-refractivity contribution is 7.70. The summed E-state index contributed by atoms with van der Waals surface area (Å²) < 4.78 is 3.91. The maximum Gasteiger partial charge on any atom is 0.379 e. The van der Waals surface area contributed by atoms with Gasteiger partial charge in [0.25, 0.3) is 0 Å². The van der Waals surface area contributed by atoms with Gasteiger partial charge in [0.2, 0.25) is 0 Å². The van der Waals surface area contributed by atoms with Crippen molar-refractivity contribution in [3.63, 3.8) is 0 Å². The van der Waals surface area contributed by atoms with Crippen LogP contribution in [0.15, 0.2) is 48.5 Å². The maximum absolute atomic E-state index is 11.5. The average Bonchev–Trinajstić information content (AvgIpc) is 2.76. The number of hydrogen-bond acceptors (Lipinski definition) is 6. The van der Waals surface area contributed by atoms with Crippen LogP contribution in [-0.2, 0) is 0 Å². The second kappa shape index (κ2) is 9.86. The molecule has 2 fully saturated rings. The summed E-state index contributed by atoms with van der Waals surface area (Å²) in [7, 11) is -7.06. The van der Waals surface area contributed by atoms with Crippen LogP contribution in [0.1, 0.15) is 93.9 Å². The summed E-state index contributed by atoms with van der Waals surface area (Å²) in [5, 5.41) is 1.09. The lowest BCUT2D eigenvalue weighted by molar-refractivity contribution is 0.0360. The Morgan fingerprint density at radius 1 is 0.474 bits per heavy atom. The van der Waals surface area contributed by atoms with E-state index in [0.29, 0.717) is 10.6 Å². The van der Waals surface area contributed by atoms with Gasteiger partial charge in [0.1, 0.15) is 0 Å². The second-order valence-corrected chi connectivity index (χ2v) is 17.9. The highest BCUT2D eigenvalue weighted by Gasteiger charge is 2.61. The van der Waals surface area contributed by atoms with Crippen LogP contribution < -0.4 is 10.6 Å². The quantitative estimate of drug-likeness (QED) is 0.326. The number of nitrogens with zero attached hydrogens (tertiary/aromatic N) is 2. The molecule has 0 spiro atoms. The molecule has 2 heterocycles. The first-order valence-electron chi connectivity index (χ1n) is 13.8. The van der Waals surface area contributed by atoms with Crippen LogP contribution >= 0.6 is 15.7 Å². The lowest BCUT2D eigenvalue weighted by Gasteiger charge is -2.51. The maximum atomic E-state index is 11.5. The zero-order valence-electron chi connectivity index (χ0n) is 24.4. The van der Waals surface area contributed by atoms with E-state index in [1.807, 2.05) is 57.9 Å². The van der Waals surface area contributed by atoms with E-state index >= 15 is 0 Å². The van der Waals surface area contributed by atoms with Crippen molar-refractivity contribution in [2.45, 2.75) is 116 Å². The predicted octanol–water partition coefficient (Wildman–Crippen LogP) is 6.18. The molecule has 8 heteroatoms. The van der Waals surface area contributed by atoms with E-state index in [4.69, 9.17) is 0 Å².